The van der Waals surface area contributed by atoms with Crippen LogP contribution in [0.3, 0.4) is 0 Å². The van der Waals surface area contributed by atoms with Gasteiger partial charge in [-0.2, -0.15) is 0 Å². The molecule has 0 unspecified atom stereocenters. The first-order valence-corrected chi connectivity index (χ1v) is 4.54. The Kier molecular flexibility index (Phi) is 3.02. The van der Waals surface area contributed by atoms with Crippen molar-refractivity contribution in [3.8, 4) is 0 Å². The Morgan fingerprint density at radius 1 is 1.62 bits per heavy atom. The molecule has 0 aromatic carbocycles. The van der Waals surface area contributed by atoms with E-state index in [1.165, 1.54) is 6.07 Å². The number of pyridine rings is 1. The van der Waals surface area contributed by atoms with Gasteiger partial charge in [-0.25, -0.2) is 8.78 Å². The Balaban J connectivity index is 3.39. The van der Waals surface area contributed by atoms with Crippen molar-refractivity contribution in [3.63, 3.8) is 0 Å². The summed E-state index contributed by atoms with van der Waals surface area (Å²) in [7, 11) is 0. The van der Waals surface area contributed by atoms with Crippen LogP contribution in [0.2, 0.25) is 0 Å². The van der Waals surface area contributed by atoms with E-state index in [0.29, 0.717) is 0 Å². The van der Waals surface area contributed by atoms with Gasteiger partial charge >= 0.3 is 0 Å². The molecule has 6 heteroatoms. The van der Waals surface area contributed by atoms with Crippen LogP contribution in [0, 0.1) is 0 Å². The molecule has 0 spiro atoms. The minimum absolute atomic E-state index is 0.0869. The van der Waals surface area contributed by atoms with E-state index in [-0.39, 0.29) is 16.7 Å². The molecule has 0 amide bonds. The molecule has 0 aliphatic heterocycles. The third kappa shape index (κ3) is 2.06. The van der Waals surface area contributed by atoms with Crippen LogP contribution in [0.15, 0.2) is 10.9 Å². The van der Waals surface area contributed by atoms with Crippen LogP contribution in [0.25, 0.3) is 0 Å². The van der Waals surface area contributed by atoms with Gasteiger partial charge in [0, 0.05) is 5.33 Å². The van der Waals surface area contributed by atoms with Gasteiger partial charge in [-0.05, 0) is 11.6 Å². The van der Waals surface area contributed by atoms with Gasteiger partial charge in [0.05, 0.1) is 5.56 Å². The highest BCUT2D eigenvalue weighted by Gasteiger charge is 2.17. The molecule has 0 aliphatic carbocycles. The molecule has 3 nitrogen and oxygen atoms in total. The van der Waals surface area contributed by atoms with Gasteiger partial charge in [-0.1, -0.05) is 15.9 Å². The average molecular weight is 253 g/mol. The monoisotopic (exact) mass is 252 g/mol. The smallest absolute Gasteiger partial charge is 0.269 e. The lowest BCUT2D eigenvalue weighted by Gasteiger charge is -2.05. The van der Waals surface area contributed by atoms with Crippen LogP contribution in [0.1, 0.15) is 17.6 Å². The van der Waals surface area contributed by atoms with Gasteiger partial charge < -0.3 is 10.7 Å². The molecule has 0 radical (unpaired) electrons. The van der Waals surface area contributed by atoms with Crippen molar-refractivity contribution in [2.45, 2.75) is 11.8 Å². The predicted molar refractivity (Wildman–Crippen MR) is 49.1 cm³/mol. The molecule has 72 valence electrons. The molecular weight excluding hydrogens is 246 g/mol. The van der Waals surface area contributed by atoms with Crippen LogP contribution >= 0.6 is 15.9 Å². The molecule has 0 atom stereocenters. The maximum atomic E-state index is 12.3. The van der Waals surface area contributed by atoms with E-state index in [4.69, 9.17) is 5.73 Å². The molecule has 1 aromatic rings. The van der Waals surface area contributed by atoms with Gasteiger partial charge in [-0.15, -0.1) is 0 Å². The van der Waals surface area contributed by atoms with Crippen LogP contribution in [-0.4, -0.2) is 4.98 Å². The number of rotatable bonds is 2. The van der Waals surface area contributed by atoms with E-state index in [1.807, 2.05) is 0 Å². The maximum Gasteiger partial charge on any atom is 0.269 e. The first kappa shape index (κ1) is 10.2. The molecule has 1 aromatic heterocycles. The number of halogens is 3. The van der Waals surface area contributed by atoms with Crippen molar-refractivity contribution in [3.05, 3.63) is 27.5 Å². The molecule has 1 rings (SSSR count). The highest BCUT2D eigenvalue weighted by Crippen LogP contribution is 2.21. The number of alkyl halides is 3. The third-order valence-electron chi connectivity index (χ3n) is 1.54. The molecule has 0 fully saturated rings. The van der Waals surface area contributed by atoms with Crippen LogP contribution < -0.4 is 11.3 Å². The molecule has 1 heterocycles. The van der Waals surface area contributed by atoms with Crippen molar-refractivity contribution in [1.82, 2.24) is 4.98 Å². The number of anilines is 1. The fourth-order valence-electron chi connectivity index (χ4n) is 0.996. The van der Waals surface area contributed by atoms with E-state index < -0.39 is 17.5 Å². The number of nitrogens with one attached hydrogen (secondary N) is 1. The Morgan fingerprint density at radius 2 is 2.23 bits per heavy atom. The summed E-state index contributed by atoms with van der Waals surface area (Å²) < 4.78 is 24.7. The quantitative estimate of drug-likeness (QED) is 0.789. The number of hydrogen-bond donors (Lipinski definition) is 2. The summed E-state index contributed by atoms with van der Waals surface area (Å²) in [4.78, 5) is 13.1. The van der Waals surface area contributed by atoms with Crippen LogP contribution in [0.5, 0.6) is 0 Å². The first-order valence-electron chi connectivity index (χ1n) is 3.42. The van der Waals surface area contributed by atoms with Gasteiger partial charge in [-0.3, -0.25) is 4.79 Å². The zero-order valence-electron chi connectivity index (χ0n) is 6.48. The lowest BCUT2D eigenvalue weighted by molar-refractivity contribution is 0.149. The second-order valence-corrected chi connectivity index (χ2v) is 2.99. The van der Waals surface area contributed by atoms with Crippen LogP contribution in [-0.2, 0) is 5.33 Å². The maximum absolute atomic E-state index is 12.3. The van der Waals surface area contributed by atoms with E-state index >= 15 is 0 Å². The van der Waals surface area contributed by atoms with Gasteiger partial charge in [0.25, 0.3) is 12.0 Å². The molecule has 13 heavy (non-hydrogen) atoms. The average Bonchev–Trinajstić information content (AvgIpc) is 2.01. The van der Waals surface area contributed by atoms with Crippen molar-refractivity contribution in [1.29, 1.82) is 0 Å². The van der Waals surface area contributed by atoms with E-state index in [2.05, 4.69) is 20.9 Å². The first-order chi connectivity index (χ1) is 6.06. The molecular formula is C7H7BrF2N2O. The number of aromatic nitrogens is 1. The van der Waals surface area contributed by atoms with Crippen molar-refractivity contribution >= 4 is 21.7 Å². The van der Waals surface area contributed by atoms with Gasteiger partial charge in [0.15, 0.2) is 0 Å². The minimum Gasteiger partial charge on any atom is -0.385 e. The summed E-state index contributed by atoms with van der Waals surface area (Å²) in [5.74, 6) is 0.0869. The molecule has 0 saturated heterocycles. The fraction of sp³-hybridized carbons (Fsp3) is 0.286. The lowest BCUT2D eigenvalue weighted by atomic mass is 10.1. The number of aromatic amines is 1. The summed E-state index contributed by atoms with van der Waals surface area (Å²) in [6.45, 7) is 0. The number of nitrogens with two attached hydrogens (primary N) is 1. The van der Waals surface area contributed by atoms with E-state index in [9.17, 15) is 13.6 Å². The topological polar surface area (TPSA) is 58.9 Å². The third-order valence-corrected chi connectivity index (χ3v) is 2.14. The number of hydrogen-bond acceptors (Lipinski definition) is 2. The second kappa shape index (κ2) is 3.87. The van der Waals surface area contributed by atoms with Crippen molar-refractivity contribution in [2.75, 3.05) is 5.73 Å². The SMILES string of the molecule is Nc1cc(CBr)c(C(F)F)c(=O)[nH]1. The Bertz CT molecular complexity index is 364. The predicted octanol–water partition coefficient (Wildman–Crippen LogP) is 1.79. The highest BCUT2D eigenvalue weighted by atomic mass is 79.9. The van der Waals surface area contributed by atoms with Crippen molar-refractivity contribution < 1.29 is 8.78 Å². The van der Waals surface area contributed by atoms with Crippen molar-refractivity contribution in [2.24, 2.45) is 0 Å². The molecule has 0 saturated carbocycles. The zero-order chi connectivity index (χ0) is 10.0. The Labute approximate surface area is 81.1 Å². The van der Waals surface area contributed by atoms with E-state index in [1.54, 1.807) is 0 Å². The number of nitrogen functional groups attached to an aromatic ring is 1. The normalized spacial score (nSPS) is 10.8. The zero-order valence-corrected chi connectivity index (χ0v) is 8.07. The summed E-state index contributed by atoms with van der Waals surface area (Å²) in [5.41, 5.74) is 4.15. The van der Waals surface area contributed by atoms with Gasteiger partial charge in [0.2, 0.25) is 0 Å². The number of H-pyrrole nitrogens is 1. The highest BCUT2D eigenvalue weighted by molar-refractivity contribution is 9.08. The molecule has 3 N–H and O–H groups in total. The summed E-state index contributed by atoms with van der Waals surface area (Å²) in [6, 6.07) is 1.32. The lowest BCUT2D eigenvalue weighted by Crippen LogP contribution is -2.17. The Hall–Kier alpha value is -0.910. The van der Waals surface area contributed by atoms with E-state index in [0.717, 1.165) is 0 Å². The minimum atomic E-state index is -2.78. The molecule has 0 aliphatic rings. The largest absolute Gasteiger partial charge is 0.385 e. The molecule has 0 bridgehead atoms. The second-order valence-electron chi connectivity index (χ2n) is 2.43. The summed E-state index contributed by atoms with van der Waals surface area (Å²) >= 11 is 3.00. The van der Waals surface area contributed by atoms with Gasteiger partial charge in [0.1, 0.15) is 5.82 Å². The standard InChI is InChI=1S/C7H7BrF2N2O/c8-2-3-1-4(11)12-7(13)5(3)6(9)10/h1,6H,2H2,(H3,11,12,13). The summed E-state index contributed by atoms with van der Waals surface area (Å²) in [6.07, 6.45) is -2.78. The fourth-order valence-corrected chi connectivity index (χ4v) is 1.46. The Morgan fingerprint density at radius 3 is 2.69 bits per heavy atom. The summed E-state index contributed by atoms with van der Waals surface area (Å²) in [5, 5.41) is 0.181. The van der Waals surface area contributed by atoms with Crippen LogP contribution in [0.4, 0.5) is 14.6 Å².